The highest BCUT2D eigenvalue weighted by Crippen LogP contribution is 2.21. The molecule has 1 aliphatic rings. The van der Waals surface area contributed by atoms with Gasteiger partial charge in [-0.15, -0.1) is 0 Å². The Kier molecular flexibility index (Phi) is 5.51. The summed E-state index contributed by atoms with van der Waals surface area (Å²) in [4.78, 5) is 23.3. The molecule has 0 aliphatic carbocycles. The number of aromatic nitrogens is 2. The van der Waals surface area contributed by atoms with Crippen molar-refractivity contribution in [2.75, 3.05) is 26.2 Å². The Labute approximate surface area is 166 Å². The summed E-state index contributed by atoms with van der Waals surface area (Å²) in [7, 11) is -5.72. The van der Waals surface area contributed by atoms with Crippen LogP contribution in [-0.2, 0) is 34.1 Å². The number of aryl methyl sites for hydroxylation is 1. The van der Waals surface area contributed by atoms with Gasteiger partial charge in [0.15, 0.2) is 4.90 Å². The lowest BCUT2D eigenvalue weighted by molar-refractivity contribution is 0.272. The number of halogens is 1. The Hall–Kier alpha value is -2.35. The van der Waals surface area contributed by atoms with Crippen LogP contribution in [0.1, 0.15) is 0 Å². The lowest BCUT2D eigenvalue weighted by Crippen LogP contribution is -2.51. The van der Waals surface area contributed by atoms with E-state index in [9.17, 15) is 30.8 Å². The number of hydrogen-bond donors (Lipinski definition) is 0. The smallest absolute Gasteiger partial charge is 0.302 e. The quantitative estimate of drug-likeness (QED) is 0.589. The first-order valence-electron chi connectivity index (χ1n) is 8.49. The molecule has 10 nitrogen and oxygen atoms in total. The van der Waals surface area contributed by atoms with Gasteiger partial charge in [-0.05, 0) is 18.2 Å². The summed E-state index contributed by atoms with van der Waals surface area (Å²) in [5.41, 5.74) is -1.62. The minimum absolute atomic E-state index is 0.163. The summed E-state index contributed by atoms with van der Waals surface area (Å²) in [6.45, 7) is -0.708. The molecule has 29 heavy (non-hydrogen) atoms. The summed E-state index contributed by atoms with van der Waals surface area (Å²) in [5.74, 6) is -0.696. The van der Waals surface area contributed by atoms with E-state index in [-0.39, 0.29) is 31.1 Å². The lowest BCUT2D eigenvalue weighted by Gasteiger charge is -2.33. The van der Waals surface area contributed by atoms with E-state index in [0.717, 1.165) is 31.5 Å². The molecule has 2 heterocycles. The van der Waals surface area contributed by atoms with Gasteiger partial charge in [0.25, 0.3) is 5.56 Å². The van der Waals surface area contributed by atoms with Gasteiger partial charge in [0.2, 0.25) is 20.0 Å². The number of nitrogens with zero attached hydrogens (tertiary/aromatic N) is 4. The maximum atomic E-state index is 13.4. The van der Waals surface area contributed by atoms with Crippen LogP contribution < -0.4 is 11.2 Å². The highest BCUT2D eigenvalue weighted by molar-refractivity contribution is 7.89. The molecule has 3 rings (SSSR count). The highest BCUT2D eigenvalue weighted by atomic mass is 32.2. The summed E-state index contributed by atoms with van der Waals surface area (Å²) >= 11 is 0. The minimum atomic E-state index is -4.24. The van der Waals surface area contributed by atoms with Crippen LogP contribution in [0.2, 0.25) is 0 Å². The van der Waals surface area contributed by atoms with Crippen molar-refractivity contribution >= 4 is 20.0 Å². The van der Waals surface area contributed by atoms with E-state index in [2.05, 4.69) is 0 Å². The van der Waals surface area contributed by atoms with Crippen molar-refractivity contribution in [2.45, 2.75) is 9.79 Å². The molecule has 0 radical (unpaired) electrons. The van der Waals surface area contributed by atoms with Crippen molar-refractivity contribution in [3.05, 3.63) is 57.1 Å². The minimum Gasteiger partial charge on any atom is -0.302 e. The third kappa shape index (κ3) is 3.77. The van der Waals surface area contributed by atoms with E-state index >= 15 is 0 Å². The summed E-state index contributed by atoms with van der Waals surface area (Å²) in [6, 6.07) is 4.55. The fourth-order valence-electron chi connectivity index (χ4n) is 3.02. The molecule has 13 heteroatoms. The van der Waals surface area contributed by atoms with Crippen molar-refractivity contribution in [3.63, 3.8) is 0 Å². The zero-order valence-electron chi connectivity index (χ0n) is 15.6. The van der Waals surface area contributed by atoms with Gasteiger partial charge < -0.3 is 4.57 Å². The molecule has 2 aromatic rings. The molecular formula is C16H19FN4O6S2. The lowest BCUT2D eigenvalue weighted by atomic mass is 10.4. The normalized spacial score (nSPS) is 16.8. The fourth-order valence-corrected chi connectivity index (χ4v) is 6.04. The van der Waals surface area contributed by atoms with Gasteiger partial charge >= 0.3 is 5.69 Å². The maximum absolute atomic E-state index is 13.4. The van der Waals surface area contributed by atoms with E-state index in [4.69, 9.17) is 0 Å². The van der Waals surface area contributed by atoms with E-state index in [1.807, 2.05) is 0 Å². The van der Waals surface area contributed by atoms with Crippen LogP contribution in [-0.4, -0.2) is 60.8 Å². The van der Waals surface area contributed by atoms with Gasteiger partial charge in [0.1, 0.15) is 5.82 Å². The van der Waals surface area contributed by atoms with Crippen molar-refractivity contribution in [1.29, 1.82) is 0 Å². The second-order valence-electron chi connectivity index (χ2n) is 6.52. The largest absolute Gasteiger partial charge is 0.330 e. The standard InChI is InChI=1S/C16H19FN4O6S2/c1-18-11-14(15(22)19(2)16(18)23)29(26,27)21-8-6-20(7-9-21)28(24,25)13-5-3-4-12(17)10-13/h3-5,10-11H,6-9H2,1-2H3. The zero-order valence-corrected chi connectivity index (χ0v) is 17.3. The van der Waals surface area contributed by atoms with E-state index in [1.165, 1.54) is 26.2 Å². The van der Waals surface area contributed by atoms with Gasteiger partial charge in [-0.3, -0.25) is 9.36 Å². The van der Waals surface area contributed by atoms with E-state index < -0.39 is 42.0 Å². The molecule has 1 aromatic heterocycles. The molecule has 0 bridgehead atoms. The first kappa shape index (κ1) is 21.4. The Morgan fingerprint density at radius 2 is 1.45 bits per heavy atom. The average Bonchev–Trinajstić information content (AvgIpc) is 2.69. The third-order valence-electron chi connectivity index (χ3n) is 4.66. The van der Waals surface area contributed by atoms with Gasteiger partial charge in [-0.25, -0.2) is 26.0 Å². The van der Waals surface area contributed by atoms with E-state index in [1.54, 1.807) is 0 Å². The second kappa shape index (κ2) is 7.48. The molecule has 158 valence electrons. The Morgan fingerprint density at radius 1 is 0.897 bits per heavy atom. The predicted octanol–water partition coefficient (Wildman–Crippen LogP) is -1.08. The zero-order chi connectivity index (χ0) is 21.6. The van der Waals surface area contributed by atoms with Gasteiger partial charge in [-0.1, -0.05) is 6.07 Å². The van der Waals surface area contributed by atoms with Crippen LogP contribution in [0.25, 0.3) is 0 Å². The SMILES string of the molecule is Cn1cc(S(=O)(=O)N2CCN(S(=O)(=O)c3cccc(F)c3)CC2)c(=O)n(C)c1=O. The molecule has 0 unspecified atom stereocenters. The van der Waals surface area contributed by atoms with E-state index in [0.29, 0.717) is 4.57 Å². The van der Waals surface area contributed by atoms with Crippen LogP contribution in [0.3, 0.4) is 0 Å². The molecule has 0 saturated carbocycles. The van der Waals surface area contributed by atoms with Crippen molar-refractivity contribution in [3.8, 4) is 0 Å². The molecule has 0 amide bonds. The number of piperazine rings is 1. The Morgan fingerprint density at radius 3 is 2.00 bits per heavy atom. The summed E-state index contributed by atoms with van der Waals surface area (Å²) < 4.78 is 68.1. The average molecular weight is 446 g/mol. The topological polar surface area (TPSA) is 119 Å². The van der Waals surface area contributed by atoms with Crippen LogP contribution in [0.5, 0.6) is 0 Å². The number of hydrogen-bond acceptors (Lipinski definition) is 6. The third-order valence-corrected chi connectivity index (χ3v) is 8.44. The second-order valence-corrected chi connectivity index (χ2v) is 10.4. The molecule has 1 aromatic carbocycles. The number of rotatable bonds is 4. The fraction of sp³-hybridized carbons (Fsp3) is 0.375. The van der Waals surface area contributed by atoms with Crippen molar-refractivity contribution in [1.82, 2.24) is 17.7 Å². The van der Waals surface area contributed by atoms with Crippen LogP contribution in [0.15, 0.2) is 49.8 Å². The first-order chi connectivity index (χ1) is 13.5. The van der Waals surface area contributed by atoms with Gasteiger partial charge in [0.05, 0.1) is 4.90 Å². The molecule has 0 N–H and O–H groups in total. The molecular weight excluding hydrogens is 427 g/mol. The monoisotopic (exact) mass is 446 g/mol. The predicted molar refractivity (Wildman–Crippen MR) is 101 cm³/mol. The molecule has 0 atom stereocenters. The summed E-state index contributed by atoms with van der Waals surface area (Å²) in [5, 5.41) is 0. The number of sulfonamides is 2. The maximum Gasteiger partial charge on any atom is 0.330 e. The molecule has 1 saturated heterocycles. The molecule has 0 spiro atoms. The Balaban J connectivity index is 1.86. The summed E-state index contributed by atoms with van der Waals surface area (Å²) in [6.07, 6.45) is 0.954. The van der Waals surface area contributed by atoms with Crippen molar-refractivity contribution < 1.29 is 21.2 Å². The highest BCUT2D eigenvalue weighted by Gasteiger charge is 2.35. The Bertz CT molecular complexity index is 1280. The van der Waals surface area contributed by atoms with Crippen LogP contribution >= 0.6 is 0 Å². The van der Waals surface area contributed by atoms with Gasteiger partial charge in [0, 0.05) is 46.5 Å². The van der Waals surface area contributed by atoms with Gasteiger partial charge in [-0.2, -0.15) is 8.61 Å². The van der Waals surface area contributed by atoms with Crippen molar-refractivity contribution in [2.24, 2.45) is 14.1 Å². The molecule has 1 fully saturated rings. The first-order valence-corrected chi connectivity index (χ1v) is 11.4. The van der Waals surface area contributed by atoms with Crippen LogP contribution in [0.4, 0.5) is 4.39 Å². The number of benzene rings is 1. The van der Waals surface area contributed by atoms with Crippen LogP contribution in [0, 0.1) is 5.82 Å². The molecule has 1 aliphatic heterocycles.